The van der Waals surface area contributed by atoms with Crippen LogP contribution >= 0.6 is 15.9 Å². The normalized spacial score (nSPS) is 15.2. The maximum atomic E-state index is 13.6. The van der Waals surface area contributed by atoms with Crippen molar-refractivity contribution in [2.45, 2.75) is 24.5 Å². The molecular formula is C26H25BrN2O6S. The lowest BCUT2D eigenvalue weighted by Crippen LogP contribution is -2.50. The molecule has 0 saturated heterocycles. The number of para-hydroxylation sites is 2. The van der Waals surface area contributed by atoms with Gasteiger partial charge in [0.15, 0.2) is 0 Å². The Bertz CT molecular complexity index is 1360. The van der Waals surface area contributed by atoms with E-state index in [-0.39, 0.29) is 18.0 Å². The van der Waals surface area contributed by atoms with Crippen LogP contribution in [0.5, 0.6) is 5.75 Å². The zero-order valence-electron chi connectivity index (χ0n) is 19.8. The molecule has 0 fully saturated rings. The molecule has 3 aromatic rings. The van der Waals surface area contributed by atoms with Gasteiger partial charge in [-0.1, -0.05) is 57.9 Å². The Balaban J connectivity index is 1.68. The number of aryl methyl sites for hydroxylation is 1. The van der Waals surface area contributed by atoms with Crippen LogP contribution in [0.3, 0.4) is 0 Å². The highest BCUT2D eigenvalue weighted by Crippen LogP contribution is 2.34. The minimum atomic E-state index is -4.03. The summed E-state index contributed by atoms with van der Waals surface area (Å²) in [6.07, 6.45) is -1.03. The molecule has 1 heterocycles. The molecule has 188 valence electrons. The van der Waals surface area contributed by atoms with E-state index in [1.807, 2.05) is 31.2 Å². The van der Waals surface area contributed by atoms with Crippen LogP contribution in [0.15, 0.2) is 82.2 Å². The Morgan fingerprint density at radius 1 is 1.06 bits per heavy atom. The summed E-state index contributed by atoms with van der Waals surface area (Å²) in [5.41, 5.74) is 2.23. The number of halogens is 1. The van der Waals surface area contributed by atoms with Crippen molar-refractivity contribution in [2.24, 2.45) is 0 Å². The minimum Gasteiger partial charge on any atom is -0.475 e. The standard InChI is InChI=1S/C26H25BrN2O6S/c1-18-7-9-19(10-8-18)15-28(36(32,33)21-13-11-20(27)12-14-21)17-25(30)29-16-24(26(31)34-2)35-23-6-4-3-5-22(23)29/h3-14,24H,15-17H2,1-2H3. The smallest absolute Gasteiger partial charge is 0.348 e. The van der Waals surface area contributed by atoms with Gasteiger partial charge in [-0.15, -0.1) is 0 Å². The van der Waals surface area contributed by atoms with Crippen molar-refractivity contribution in [3.63, 3.8) is 0 Å². The average Bonchev–Trinajstić information content (AvgIpc) is 2.88. The van der Waals surface area contributed by atoms with E-state index in [1.54, 1.807) is 36.4 Å². The maximum absolute atomic E-state index is 13.6. The summed E-state index contributed by atoms with van der Waals surface area (Å²) >= 11 is 3.32. The zero-order valence-corrected chi connectivity index (χ0v) is 22.2. The number of hydrogen-bond acceptors (Lipinski definition) is 6. The van der Waals surface area contributed by atoms with Crippen molar-refractivity contribution in [3.05, 3.63) is 88.4 Å². The Morgan fingerprint density at radius 3 is 2.39 bits per heavy atom. The van der Waals surface area contributed by atoms with Gasteiger partial charge in [0, 0.05) is 11.0 Å². The first-order chi connectivity index (χ1) is 17.2. The molecule has 0 radical (unpaired) electrons. The summed E-state index contributed by atoms with van der Waals surface area (Å²) < 4.78 is 39.7. The molecule has 1 amide bonds. The molecule has 1 aliphatic rings. The number of nitrogens with zero attached hydrogens (tertiary/aromatic N) is 2. The second-order valence-corrected chi connectivity index (χ2v) is 11.2. The van der Waals surface area contributed by atoms with Gasteiger partial charge >= 0.3 is 5.97 Å². The Morgan fingerprint density at radius 2 is 1.72 bits per heavy atom. The molecule has 0 N–H and O–H groups in total. The summed E-state index contributed by atoms with van der Waals surface area (Å²) in [4.78, 5) is 27.3. The molecule has 3 aromatic carbocycles. The number of rotatable bonds is 7. The Hall–Kier alpha value is -3.21. The van der Waals surface area contributed by atoms with E-state index in [2.05, 4.69) is 15.9 Å². The van der Waals surface area contributed by atoms with Gasteiger partial charge in [0.1, 0.15) is 5.75 Å². The number of carbonyl (C=O) groups is 2. The number of hydrogen-bond donors (Lipinski definition) is 0. The molecule has 1 aliphatic heterocycles. The highest BCUT2D eigenvalue weighted by atomic mass is 79.9. The summed E-state index contributed by atoms with van der Waals surface area (Å²) in [5.74, 6) is -0.776. The molecule has 8 nitrogen and oxygen atoms in total. The predicted molar refractivity (Wildman–Crippen MR) is 138 cm³/mol. The largest absolute Gasteiger partial charge is 0.475 e. The molecule has 0 saturated carbocycles. The Kier molecular flexibility index (Phi) is 7.77. The fourth-order valence-electron chi connectivity index (χ4n) is 3.84. The molecular weight excluding hydrogens is 548 g/mol. The fourth-order valence-corrected chi connectivity index (χ4v) is 5.48. The monoisotopic (exact) mass is 572 g/mol. The number of methoxy groups -OCH3 is 1. The van der Waals surface area contributed by atoms with Gasteiger partial charge in [-0.05, 0) is 48.9 Å². The highest BCUT2D eigenvalue weighted by Gasteiger charge is 2.36. The predicted octanol–water partition coefficient (Wildman–Crippen LogP) is 3.92. The van der Waals surface area contributed by atoms with E-state index >= 15 is 0 Å². The third-order valence-electron chi connectivity index (χ3n) is 5.78. The van der Waals surface area contributed by atoms with Crippen molar-refractivity contribution in [3.8, 4) is 5.75 Å². The average molecular weight is 573 g/mol. The SMILES string of the molecule is COC(=O)C1CN(C(=O)CN(Cc2ccc(C)cc2)S(=O)(=O)c2ccc(Br)cc2)c2ccccc2O1. The summed E-state index contributed by atoms with van der Waals surface area (Å²) in [6.45, 7) is 1.40. The maximum Gasteiger partial charge on any atom is 0.348 e. The third-order valence-corrected chi connectivity index (χ3v) is 8.12. The molecule has 0 spiro atoms. The second kappa shape index (κ2) is 10.8. The van der Waals surface area contributed by atoms with E-state index in [0.717, 1.165) is 19.9 Å². The molecule has 0 aromatic heterocycles. The van der Waals surface area contributed by atoms with Crippen LogP contribution in [0.25, 0.3) is 0 Å². The Labute approximate surface area is 218 Å². The molecule has 0 aliphatic carbocycles. The fraction of sp³-hybridized carbons (Fsp3) is 0.231. The zero-order chi connectivity index (χ0) is 25.9. The van der Waals surface area contributed by atoms with E-state index < -0.39 is 34.5 Å². The van der Waals surface area contributed by atoms with Gasteiger partial charge in [0.05, 0.1) is 30.8 Å². The molecule has 0 bridgehead atoms. The van der Waals surface area contributed by atoms with Crippen LogP contribution in [-0.2, 0) is 30.9 Å². The molecule has 4 rings (SSSR count). The first-order valence-corrected chi connectivity index (χ1v) is 13.4. The number of esters is 1. The van der Waals surface area contributed by atoms with E-state index in [9.17, 15) is 18.0 Å². The van der Waals surface area contributed by atoms with Crippen molar-refractivity contribution >= 4 is 43.5 Å². The van der Waals surface area contributed by atoms with Gasteiger partial charge in [0.2, 0.25) is 22.0 Å². The lowest BCUT2D eigenvalue weighted by Gasteiger charge is -2.34. The molecule has 1 unspecified atom stereocenters. The van der Waals surface area contributed by atoms with Crippen molar-refractivity contribution in [1.82, 2.24) is 4.31 Å². The van der Waals surface area contributed by atoms with Crippen molar-refractivity contribution in [2.75, 3.05) is 25.1 Å². The van der Waals surface area contributed by atoms with Crippen LogP contribution in [0, 0.1) is 6.92 Å². The third kappa shape index (κ3) is 5.61. The first-order valence-electron chi connectivity index (χ1n) is 11.1. The number of sulfonamides is 1. The second-order valence-electron chi connectivity index (χ2n) is 8.31. The van der Waals surface area contributed by atoms with Crippen LogP contribution < -0.4 is 9.64 Å². The number of ether oxygens (including phenoxy) is 2. The van der Waals surface area contributed by atoms with Crippen LogP contribution in [-0.4, -0.2) is 50.9 Å². The van der Waals surface area contributed by atoms with Gasteiger partial charge < -0.3 is 14.4 Å². The number of fused-ring (bicyclic) bond motifs is 1. The number of carbonyl (C=O) groups excluding carboxylic acids is 2. The quantitative estimate of drug-likeness (QED) is 0.398. The van der Waals surface area contributed by atoms with E-state index in [4.69, 9.17) is 9.47 Å². The van der Waals surface area contributed by atoms with Crippen LogP contribution in [0.2, 0.25) is 0 Å². The molecule has 10 heteroatoms. The molecule has 1 atom stereocenters. The highest BCUT2D eigenvalue weighted by molar-refractivity contribution is 9.10. The number of amides is 1. The van der Waals surface area contributed by atoms with Gasteiger partial charge in [-0.25, -0.2) is 13.2 Å². The van der Waals surface area contributed by atoms with E-state index in [0.29, 0.717) is 11.4 Å². The number of anilines is 1. The van der Waals surface area contributed by atoms with Crippen LogP contribution in [0.4, 0.5) is 5.69 Å². The molecule has 36 heavy (non-hydrogen) atoms. The summed E-state index contributed by atoms with van der Waals surface area (Å²) in [7, 11) is -2.79. The van der Waals surface area contributed by atoms with Gasteiger partial charge in [-0.2, -0.15) is 4.31 Å². The lowest BCUT2D eigenvalue weighted by atomic mass is 10.1. The van der Waals surface area contributed by atoms with E-state index in [1.165, 1.54) is 24.1 Å². The van der Waals surface area contributed by atoms with Gasteiger partial charge in [-0.3, -0.25) is 4.79 Å². The number of benzene rings is 3. The topological polar surface area (TPSA) is 93.2 Å². The summed E-state index contributed by atoms with van der Waals surface area (Å²) in [5, 5.41) is 0. The van der Waals surface area contributed by atoms with Crippen LogP contribution in [0.1, 0.15) is 11.1 Å². The summed E-state index contributed by atoms with van der Waals surface area (Å²) in [6, 6.07) is 20.5. The van der Waals surface area contributed by atoms with Crippen molar-refractivity contribution < 1.29 is 27.5 Å². The minimum absolute atomic E-state index is 0.00314. The lowest BCUT2D eigenvalue weighted by molar-refractivity contribution is -0.148. The van der Waals surface area contributed by atoms with Gasteiger partial charge in [0.25, 0.3) is 0 Å². The van der Waals surface area contributed by atoms with Crippen molar-refractivity contribution in [1.29, 1.82) is 0 Å². The first kappa shape index (κ1) is 25.9.